The van der Waals surface area contributed by atoms with Gasteiger partial charge in [-0.1, -0.05) is 65.3 Å². The first-order valence-corrected chi connectivity index (χ1v) is 9.74. The average molecular weight is 415 g/mol. The summed E-state index contributed by atoms with van der Waals surface area (Å²) < 4.78 is 0.931. The van der Waals surface area contributed by atoms with E-state index in [2.05, 4.69) is 33.2 Å². The van der Waals surface area contributed by atoms with Crippen molar-refractivity contribution in [3.8, 4) is 0 Å². The fourth-order valence-electron chi connectivity index (χ4n) is 3.21. The number of amides is 1. The summed E-state index contributed by atoms with van der Waals surface area (Å²) in [5.74, 6) is -0.144. The number of carbonyl (C=O) groups excluding carboxylic acids is 1. The number of hydrogen-bond acceptors (Lipinski definition) is 3. The van der Waals surface area contributed by atoms with E-state index in [-0.39, 0.29) is 5.91 Å². The second-order valence-electron chi connectivity index (χ2n) is 6.56. The van der Waals surface area contributed by atoms with Gasteiger partial charge in [0.1, 0.15) is 0 Å². The molecule has 4 nitrogen and oxygen atoms in total. The zero-order valence-electron chi connectivity index (χ0n) is 14.9. The van der Waals surface area contributed by atoms with E-state index in [1.165, 1.54) is 10.6 Å². The maximum Gasteiger partial charge on any atom is 0.245 e. The quantitative estimate of drug-likeness (QED) is 0.749. The van der Waals surface area contributed by atoms with Gasteiger partial charge in [0.2, 0.25) is 5.91 Å². The van der Waals surface area contributed by atoms with E-state index in [1.807, 2.05) is 49.4 Å². The molecule has 5 heteroatoms. The summed E-state index contributed by atoms with van der Waals surface area (Å²) >= 11 is 3.41. The van der Waals surface area contributed by atoms with E-state index >= 15 is 0 Å². The Morgan fingerprint density at radius 2 is 1.88 bits per heavy atom. The molecule has 0 bridgehead atoms. The van der Waals surface area contributed by atoms with Gasteiger partial charge in [-0.3, -0.25) is 4.79 Å². The first-order chi connectivity index (χ1) is 12.5. The summed E-state index contributed by atoms with van der Waals surface area (Å²) in [5.41, 5.74) is 1.34. The summed E-state index contributed by atoms with van der Waals surface area (Å²) in [6.45, 7) is 1.99. The zero-order valence-corrected chi connectivity index (χ0v) is 16.4. The van der Waals surface area contributed by atoms with Crippen molar-refractivity contribution in [1.29, 1.82) is 0 Å². The molecule has 2 aromatic carbocycles. The van der Waals surface area contributed by atoms with E-state index in [1.54, 1.807) is 0 Å². The van der Waals surface area contributed by atoms with E-state index in [4.69, 9.17) is 0 Å². The van der Waals surface area contributed by atoms with E-state index in [9.17, 15) is 9.90 Å². The lowest BCUT2D eigenvalue weighted by molar-refractivity contribution is -0.157. The molecular weight excluding hydrogens is 392 g/mol. The van der Waals surface area contributed by atoms with E-state index < -0.39 is 5.72 Å². The summed E-state index contributed by atoms with van der Waals surface area (Å²) in [5, 5.41) is 17.0. The largest absolute Gasteiger partial charge is 0.365 e. The smallest absolute Gasteiger partial charge is 0.245 e. The number of benzene rings is 2. The molecule has 2 aromatic rings. The topological polar surface area (TPSA) is 52.9 Å². The van der Waals surface area contributed by atoms with Crippen LogP contribution in [0.3, 0.4) is 0 Å². The molecule has 0 spiro atoms. The molecule has 0 unspecified atom stereocenters. The number of halogens is 1. The summed E-state index contributed by atoms with van der Waals surface area (Å²) in [7, 11) is 0. The predicted octanol–water partition coefficient (Wildman–Crippen LogP) is 4.62. The predicted molar refractivity (Wildman–Crippen MR) is 107 cm³/mol. The SMILES string of the molecule is CCC1=NN(C(=O)CCCc2ccccc2)[C@](O)(c2ccc(Br)cc2)C1. The van der Waals surface area contributed by atoms with Gasteiger partial charge < -0.3 is 5.11 Å². The Morgan fingerprint density at radius 1 is 1.19 bits per heavy atom. The Bertz CT molecular complexity index is 789. The van der Waals surface area contributed by atoms with Crippen LogP contribution in [-0.4, -0.2) is 21.7 Å². The minimum Gasteiger partial charge on any atom is -0.365 e. The molecule has 1 aliphatic rings. The van der Waals surface area contributed by atoms with Crippen LogP contribution in [0, 0.1) is 0 Å². The molecule has 1 N–H and O–H groups in total. The number of hydrazone groups is 1. The average Bonchev–Trinajstić information content (AvgIpc) is 3.01. The highest BCUT2D eigenvalue weighted by Gasteiger charge is 2.45. The van der Waals surface area contributed by atoms with Crippen LogP contribution in [0.1, 0.15) is 43.7 Å². The maximum atomic E-state index is 12.8. The van der Waals surface area contributed by atoms with Crippen molar-refractivity contribution >= 4 is 27.5 Å². The van der Waals surface area contributed by atoms with Crippen molar-refractivity contribution in [1.82, 2.24) is 5.01 Å². The minimum absolute atomic E-state index is 0.144. The van der Waals surface area contributed by atoms with Crippen LogP contribution in [0.15, 0.2) is 64.2 Å². The third kappa shape index (κ3) is 4.05. The van der Waals surface area contributed by atoms with Gasteiger partial charge in [-0.15, -0.1) is 0 Å². The molecule has 1 amide bonds. The molecule has 1 heterocycles. The number of rotatable bonds is 6. The standard InChI is InChI=1S/C21H23BrN2O2/c1-2-19-15-21(26,17-11-13-18(22)14-12-17)24(23-19)20(25)10-6-9-16-7-4-3-5-8-16/h3-5,7-8,11-14,26H,2,6,9-10,15H2,1H3/t21-/m1/s1. The minimum atomic E-state index is -1.39. The normalized spacial score (nSPS) is 19.5. The van der Waals surface area contributed by atoms with Crippen LogP contribution in [0.4, 0.5) is 0 Å². The van der Waals surface area contributed by atoms with Crippen molar-refractivity contribution in [3.05, 3.63) is 70.2 Å². The van der Waals surface area contributed by atoms with E-state index in [0.29, 0.717) is 24.8 Å². The van der Waals surface area contributed by atoms with Gasteiger partial charge in [0.05, 0.1) is 0 Å². The molecule has 0 fully saturated rings. The highest BCUT2D eigenvalue weighted by Crippen LogP contribution is 2.37. The van der Waals surface area contributed by atoms with E-state index in [0.717, 1.165) is 23.0 Å². The molecule has 3 rings (SSSR count). The Morgan fingerprint density at radius 3 is 2.54 bits per heavy atom. The molecule has 1 aliphatic heterocycles. The fourth-order valence-corrected chi connectivity index (χ4v) is 3.48. The first-order valence-electron chi connectivity index (χ1n) is 8.94. The van der Waals surface area contributed by atoms with Gasteiger partial charge in [0.25, 0.3) is 0 Å². The van der Waals surface area contributed by atoms with Crippen molar-refractivity contribution in [3.63, 3.8) is 0 Å². The van der Waals surface area contributed by atoms with Crippen LogP contribution >= 0.6 is 15.9 Å². The fraction of sp³-hybridized carbons (Fsp3) is 0.333. The number of aliphatic hydroxyl groups is 1. The maximum absolute atomic E-state index is 12.8. The summed E-state index contributed by atoms with van der Waals surface area (Å²) in [6.07, 6.45) is 2.99. The molecular formula is C21H23BrN2O2. The van der Waals surface area contributed by atoms with Gasteiger partial charge in [-0.05, 0) is 37.0 Å². The lowest BCUT2D eigenvalue weighted by Crippen LogP contribution is -2.43. The highest BCUT2D eigenvalue weighted by molar-refractivity contribution is 9.10. The second kappa shape index (κ2) is 8.14. The van der Waals surface area contributed by atoms with Crippen LogP contribution < -0.4 is 0 Å². The number of nitrogens with zero attached hydrogens (tertiary/aromatic N) is 2. The number of carbonyl (C=O) groups is 1. The van der Waals surface area contributed by atoms with Gasteiger partial charge in [-0.25, -0.2) is 0 Å². The Hall–Kier alpha value is -1.98. The third-order valence-electron chi connectivity index (χ3n) is 4.69. The Balaban J connectivity index is 1.72. The highest BCUT2D eigenvalue weighted by atomic mass is 79.9. The van der Waals surface area contributed by atoms with Gasteiger partial charge in [-0.2, -0.15) is 10.1 Å². The second-order valence-corrected chi connectivity index (χ2v) is 7.48. The Kier molecular flexibility index (Phi) is 5.89. The van der Waals surface area contributed by atoms with Crippen molar-refractivity contribution in [2.75, 3.05) is 0 Å². The summed E-state index contributed by atoms with van der Waals surface area (Å²) in [6, 6.07) is 17.5. The van der Waals surface area contributed by atoms with Crippen LogP contribution in [0.25, 0.3) is 0 Å². The molecule has 0 saturated carbocycles. The molecule has 0 aromatic heterocycles. The third-order valence-corrected chi connectivity index (χ3v) is 5.22. The lowest BCUT2D eigenvalue weighted by Gasteiger charge is -2.31. The first kappa shape index (κ1) is 18.8. The Labute approximate surface area is 162 Å². The molecule has 0 aliphatic carbocycles. The number of hydrogen-bond donors (Lipinski definition) is 1. The molecule has 136 valence electrons. The van der Waals surface area contributed by atoms with Gasteiger partial charge in [0.15, 0.2) is 5.72 Å². The molecule has 0 radical (unpaired) electrons. The van der Waals surface area contributed by atoms with Crippen LogP contribution in [0.2, 0.25) is 0 Å². The monoisotopic (exact) mass is 414 g/mol. The van der Waals surface area contributed by atoms with Crippen LogP contribution in [0.5, 0.6) is 0 Å². The molecule has 0 saturated heterocycles. The molecule has 26 heavy (non-hydrogen) atoms. The van der Waals surface area contributed by atoms with Crippen molar-refractivity contribution in [2.24, 2.45) is 5.10 Å². The van der Waals surface area contributed by atoms with Gasteiger partial charge in [0, 0.05) is 28.6 Å². The van der Waals surface area contributed by atoms with Crippen LogP contribution in [-0.2, 0) is 16.9 Å². The van der Waals surface area contributed by atoms with Gasteiger partial charge >= 0.3 is 0 Å². The zero-order chi connectivity index (χ0) is 18.6. The summed E-state index contributed by atoms with van der Waals surface area (Å²) in [4.78, 5) is 12.8. The van der Waals surface area contributed by atoms with Crippen molar-refractivity contribution < 1.29 is 9.90 Å². The van der Waals surface area contributed by atoms with Crippen molar-refractivity contribution in [2.45, 2.75) is 44.8 Å². The number of aryl methyl sites for hydroxylation is 1. The molecule has 1 atom stereocenters. The lowest BCUT2D eigenvalue weighted by atomic mass is 9.96.